The Morgan fingerprint density at radius 2 is 2.00 bits per heavy atom. The van der Waals surface area contributed by atoms with E-state index in [0.717, 1.165) is 5.56 Å². The predicted molar refractivity (Wildman–Crippen MR) is 105 cm³/mol. The van der Waals surface area contributed by atoms with Crippen molar-refractivity contribution in [2.45, 2.75) is 19.4 Å². The molecule has 0 saturated heterocycles. The summed E-state index contributed by atoms with van der Waals surface area (Å²) in [7, 11) is 0. The lowest BCUT2D eigenvalue weighted by atomic mass is 10.0. The molecule has 0 radical (unpaired) electrons. The van der Waals surface area contributed by atoms with Crippen molar-refractivity contribution in [3.8, 4) is 11.5 Å². The van der Waals surface area contributed by atoms with Crippen molar-refractivity contribution in [1.29, 1.82) is 0 Å². The number of nitrogens with one attached hydrogen (secondary N) is 1. The van der Waals surface area contributed by atoms with Crippen LogP contribution in [0.3, 0.4) is 0 Å². The first-order chi connectivity index (χ1) is 13.1. The zero-order chi connectivity index (χ0) is 19.0. The second-order valence-corrected chi connectivity index (χ2v) is 7.65. The van der Waals surface area contributed by atoms with Crippen LogP contribution in [0.4, 0.5) is 4.39 Å². The third-order valence-electron chi connectivity index (χ3n) is 4.48. The molecule has 1 aromatic heterocycles. The summed E-state index contributed by atoms with van der Waals surface area (Å²) in [5, 5.41) is 4.05. The molecule has 0 aliphatic carbocycles. The number of rotatable bonds is 4. The van der Waals surface area contributed by atoms with Crippen LogP contribution in [0.5, 0.6) is 11.5 Å². The molecule has 0 fully saturated rings. The Hall–Kier alpha value is -2.31. The van der Waals surface area contributed by atoms with Crippen molar-refractivity contribution in [1.82, 2.24) is 5.32 Å². The molecule has 1 unspecified atom stereocenters. The van der Waals surface area contributed by atoms with Gasteiger partial charge in [0.05, 0.1) is 11.1 Å². The van der Waals surface area contributed by atoms with Gasteiger partial charge < -0.3 is 14.8 Å². The molecule has 27 heavy (non-hydrogen) atoms. The molecular weight excluding hydrogens is 389 g/mol. The molecule has 1 aliphatic heterocycles. The maximum Gasteiger partial charge on any atom is 0.263 e. The van der Waals surface area contributed by atoms with Crippen LogP contribution in [0.1, 0.15) is 34.6 Å². The minimum absolute atomic E-state index is 0.202. The summed E-state index contributed by atoms with van der Waals surface area (Å²) in [5.74, 6) is 0.765. The summed E-state index contributed by atoms with van der Waals surface area (Å²) in [6.45, 7) is 3.03. The summed E-state index contributed by atoms with van der Waals surface area (Å²) >= 11 is 7.55. The summed E-state index contributed by atoms with van der Waals surface area (Å²) in [4.78, 5) is 13.2. The van der Waals surface area contributed by atoms with Crippen molar-refractivity contribution < 1.29 is 18.7 Å². The zero-order valence-corrected chi connectivity index (χ0v) is 16.1. The molecule has 4 nitrogen and oxygen atoms in total. The number of ether oxygens (including phenoxy) is 2. The average Bonchev–Trinajstić information content (AvgIpc) is 3.01. The Kier molecular flexibility index (Phi) is 4.93. The predicted octanol–water partition coefficient (Wildman–Crippen LogP) is 5.35. The van der Waals surface area contributed by atoms with Crippen LogP contribution in [0, 0.1) is 5.82 Å². The normalized spacial score (nSPS) is 14.2. The molecule has 2 aromatic carbocycles. The molecule has 140 valence electrons. The third kappa shape index (κ3) is 3.47. The van der Waals surface area contributed by atoms with Crippen LogP contribution in [0.25, 0.3) is 10.1 Å². The van der Waals surface area contributed by atoms with Crippen molar-refractivity contribution in [3.63, 3.8) is 0 Å². The van der Waals surface area contributed by atoms with Gasteiger partial charge in [-0.2, -0.15) is 0 Å². The molecule has 0 saturated carbocycles. The van der Waals surface area contributed by atoms with Gasteiger partial charge in [-0.05, 0) is 42.3 Å². The van der Waals surface area contributed by atoms with Crippen molar-refractivity contribution in [2.75, 3.05) is 13.2 Å². The van der Waals surface area contributed by atoms with E-state index < -0.39 is 0 Å². The highest BCUT2D eigenvalue weighted by molar-refractivity contribution is 7.21. The van der Waals surface area contributed by atoms with Crippen LogP contribution < -0.4 is 14.8 Å². The van der Waals surface area contributed by atoms with Crippen LogP contribution in [-0.4, -0.2) is 19.1 Å². The van der Waals surface area contributed by atoms with E-state index >= 15 is 0 Å². The molecule has 0 bridgehead atoms. The van der Waals surface area contributed by atoms with Gasteiger partial charge in [-0.1, -0.05) is 24.6 Å². The number of hydrogen-bond acceptors (Lipinski definition) is 4. The molecule has 1 aliphatic rings. The minimum atomic E-state index is -0.352. The van der Waals surface area contributed by atoms with Gasteiger partial charge in [0.25, 0.3) is 5.91 Å². The summed E-state index contributed by atoms with van der Waals surface area (Å²) in [6, 6.07) is 9.79. The Balaban J connectivity index is 1.60. The molecule has 4 rings (SSSR count). The van der Waals surface area contributed by atoms with Crippen LogP contribution in [-0.2, 0) is 0 Å². The SMILES string of the molecule is CCC(NC(=O)c1sc2cc(F)ccc2c1Cl)c1ccc2c(c1)OCCO2. The van der Waals surface area contributed by atoms with Crippen LogP contribution in [0.2, 0.25) is 5.02 Å². The molecule has 0 spiro atoms. The number of carbonyl (C=O) groups is 1. The van der Waals surface area contributed by atoms with Crippen LogP contribution >= 0.6 is 22.9 Å². The van der Waals surface area contributed by atoms with E-state index in [-0.39, 0.29) is 17.8 Å². The first-order valence-corrected chi connectivity index (χ1v) is 9.84. The number of fused-ring (bicyclic) bond motifs is 2. The van der Waals surface area contributed by atoms with E-state index in [9.17, 15) is 9.18 Å². The third-order valence-corrected chi connectivity index (χ3v) is 6.14. The maximum absolute atomic E-state index is 13.4. The fourth-order valence-electron chi connectivity index (χ4n) is 3.11. The highest BCUT2D eigenvalue weighted by Crippen LogP contribution is 2.37. The number of halogens is 2. The Morgan fingerprint density at radius 3 is 2.78 bits per heavy atom. The molecule has 2 heterocycles. The molecular formula is C20H17ClFNO3S. The monoisotopic (exact) mass is 405 g/mol. The fourth-order valence-corrected chi connectivity index (χ4v) is 4.55. The van der Waals surface area contributed by atoms with Gasteiger partial charge in [-0.15, -0.1) is 11.3 Å². The fraction of sp³-hybridized carbons (Fsp3) is 0.250. The van der Waals surface area contributed by atoms with Crippen molar-refractivity contribution in [2.24, 2.45) is 0 Å². The van der Waals surface area contributed by atoms with Gasteiger partial charge in [0.2, 0.25) is 0 Å². The number of benzene rings is 2. The average molecular weight is 406 g/mol. The molecule has 1 amide bonds. The first kappa shape index (κ1) is 18.1. The van der Waals surface area contributed by atoms with Crippen molar-refractivity contribution in [3.05, 3.63) is 57.7 Å². The van der Waals surface area contributed by atoms with Gasteiger partial charge in [0, 0.05) is 10.1 Å². The van der Waals surface area contributed by atoms with E-state index in [4.69, 9.17) is 21.1 Å². The van der Waals surface area contributed by atoms with Gasteiger partial charge in [-0.3, -0.25) is 4.79 Å². The Morgan fingerprint density at radius 1 is 1.22 bits per heavy atom. The number of thiophene rings is 1. The maximum atomic E-state index is 13.4. The Labute approximate surface area is 164 Å². The molecule has 7 heteroatoms. The van der Waals surface area contributed by atoms with Gasteiger partial charge in [-0.25, -0.2) is 4.39 Å². The van der Waals surface area contributed by atoms with E-state index in [0.29, 0.717) is 51.1 Å². The quantitative estimate of drug-likeness (QED) is 0.636. The topological polar surface area (TPSA) is 47.6 Å². The highest BCUT2D eigenvalue weighted by atomic mass is 35.5. The molecule has 1 atom stereocenters. The van der Waals surface area contributed by atoms with Gasteiger partial charge >= 0.3 is 0 Å². The van der Waals surface area contributed by atoms with Gasteiger partial charge in [0.15, 0.2) is 11.5 Å². The summed E-state index contributed by atoms with van der Waals surface area (Å²) in [5.41, 5.74) is 0.929. The van der Waals surface area contributed by atoms with E-state index in [2.05, 4.69) is 5.32 Å². The zero-order valence-electron chi connectivity index (χ0n) is 14.6. The lowest BCUT2D eigenvalue weighted by Crippen LogP contribution is -2.28. The lowest BCUT2D eigenvalue weighted by Gasteiger charge is -2.22. The second kappa shape index (κ2) is 7.37. The van der Waals surface area contributed by atoms with E-state index in [1.54, 1.807) is 6.07 Å². The van der Waals surface area contributed by atoms with Crippen LogP contribution in [0.15, 0.2) is 36.4 Å². The van der Waals surface area contributed by atoms with E-state index in [1.165, 1.54) is 23.5 Å². The highest BCUT2D eigenvalue weighted by Gasteiger charge is 2.22. The molecule has 1 N–H and O–H groups in total. The standard InChI is InChI=1S/C20H17ClFNO3S/c1-2-14(11-3-6-15-16(9-11)26-8-7-25-15)23-20(24)19-18(21)13-5-4-12(22)10-17(13)27-19/h3-6,9-10,14H,2,7-8H2,1H3,(H,23,24). The van der Waals surface area contributed by atoms with E-state index in [1.807, 2.05) is 25.1 Å². The number of hydrogen-bond donors (Lipinski definition) is 1. The summed E-state index contributed by atoms with van der Waals surface area (Å²) < 4.78 is 25.3. The van der Waals surface area contributed by atoms with Gasteiger partial charge in [0.1, 0.15) is 23.9 Å². The minimum Gasteiger partial charge on any atom is -0.486 e. The Bertz CT molecular complexity index is 1020. The lowest BCUT2D eigenvalue weighted by molar-refractivity contribution is 0.0939. The second-order valence-electron chi connectivity index (χ2n) is 6.22. The summed E-state index contributed by atoms with van der Waals surface area (Å²) in [6.07, 6.45) is 0.697. The number of amides is 1. The van der Waals surface area contributed by atoms with Crippen molar-refractivity contribution >= 4 is 38.9 Å². The largest absolute Gasteiger partial charge is 0.486 e. The number of carbonyl (C=O) groups excluding carboxylic acids is 1. The smallest absolute Gasteiger partial charge is 0.263 e. The first-order valence-electron chi connectivity index (χ1n) is 8.64. The molecule has 3 aromatic rings.